The van der Waals surface area contributed by atoms with Crippen molar-refractivity contribution in [3.05, 3.63) is 64.7 Å². The minimum Gasteiger partial charge on any atom is -0.348 e. The minimum absolute atomic E-state index is 0.0626. The number of thiophene rings is 1. The first kappa shape index (κ1) is 15.5. The molecule has 3 rings (SSSR count). The molecule has 0 saturated heterocycles. The zero-order valence-electron chi connectivity index (χ0n) is 13.3. The van der Waals surface area contributed by atoms with Gasteiger partial charge in [-0.05, 0) is 25.5 Å². The number of hydrogen-bond acceptors (Lipinski definition) is 3. The zero-order valence-corrected chi connectivity index (χ0v) is 14.1. The number of nitrogens with one attached hydrogen (secondary N) is 1. The number of nitrogens with zero attached hydrogens (tertiary/aromatic N) is 2. The number of fused-ring (bicyclic) bond motifs is 1. The van der Waals surface area contributed by atoms with Crippen molar-refractivity contribution in [1.29, 1.82) is 0 Å². The fourth-order valence-electron chi connectivity index (χ4n) is 2.45. The third-order valence-corrected chi connectivity index (χ3v) is 4.84. The number of aromatic nitrogens is 2. The van der Waals surface area contributed by atoms with Gasteiger partial charge in [0.25, 0.3) is 5.91 Å². The van der Waals surface area contributed by atoms with Gasteiger partial charge in [-0.3, -0.25) is 9.48 Å². The predicted octanol–water partition coefficient (Wildman–Crippen LogP) is 3.68. The van der Waals surface area contributed by atoms with Gasteiger partial charge in [-0.1, -0.05) is 35.9 Å². The summed E-state index contributed by atoms with van der Waals surface area (Å²) in [4.78, 5) is 13.9. The largest absolute Gasteiger partial charge is 0.348 e. The number of carbonyl (C=O) groups excluding carboxylic acids is 1. The van der Waals surface area contributed by atoms with E-state index in [9.17, 15) is 4.79 Å². The van der Waals surface area contributed by atoms with Crippen LogP contribution in [0.3, 0.4) is 0 Å². The second kappa shape index (κ2) is 6.38. The van der Waals surface area contributed by atoms with Crippen LogP contribution in [0.15, 0.2) is 43.0 Å². The smallest absolute Gasteiger partial charge is 0.261 e. The normalized spacial score (nSPS) is 10.9. The molecule has 0 aliphatic carbocycles. The second-order valence-corrected chi connectivity index (χ2v) is 6.59. The molecule has 0 radical (unpaired) electrons. The molecule has 5 heteroatoms. The van der Waals surface area contributed by atoms with Gasteiger partial charge >= 0.3 is 0 Å². The molecule has 1 aromatic carbocycles. The summed E-state index contributed by atoms with van der Waals surface area (Å²) in [6.45, 7) is 8.85. The maximum absolute atomic E-state index is 12.1. The van der Waals surface area contributed by atoms with Gasteiger partial charge in [0.05, 0.1) is 17.1 Å². The van der Waals surface area contributed by atoms with Crippen LogP contribution in [-0.2, 0) is 6.54 Å². The first-order valence-electron chi connectivity index (χ1n) is 7.50. The molecule has 0 atom stereocenters. The summed E-state index contributed by atoms with van der Waals surface area (Å²) < 4.78 is 1.98. The Labute approximate surface area is 139 Å². The molecule has 0 bridgehead atoms. The summed E-state index contributed by atoms with van der Waals surface area (Å²) in [7, 11) is 0. The van der Waals surface area contributed by atoms with Crippen LogP contribution in [0.2, 0.25) is 0 Å². The van der Waals surface area contributed by atoms with Crippen molar-refractivity contribution in [2.45, 2.75) is 20.4 Å². The Morgan fingerprint density at radius 1 is 1.35 bits per heavy atom. The summed E-state index contributed by atoms with van der Waals surface area (Å²) in [6, 6.07) is 10.4. The van der Waals surface area contributed by atoms with Crippen LogP contribution in [0.25, 0.3) is 10.2 Å². The van der Waals surface area contributed by atoms with Gasteiger partial charge in [0.1, 0.15) is 4.83 Å². The fourth-order valence-corrected chi connectivity index (χ4v) is 3.53. The number of carbonyl (C=O) groups is 1. The Morgan fingerprint density at radius 3 is 2.78 bits per heavy atom. The van der Waals surface area contributed by atoms with Gasteiger partial charge in [-0.25, -0.2) is 0 Å². The molecule has 2 heterocycles. The highest BCUT2D eigenvalue weighted by atomic mass is 32.1. The summed E-state index contributed by atoms with van der Waals surface area (Å²) in [5.74, 6) is -0.0626. The molecule has 1 N–H and O–H groups in total. The fraction of sp³-hybridized carbons (Fsp3) is 0.222. The predicted molar refractivity (Wildman–Crippen MR) is 95.2 cm³/mol. The van der Waals surface area contributed by atoms with E-state index < -0.39 is 0 Å². The lowest BCUT2D eigenvalue weighted by atomic mass is 10.1. The van der Waals surface area contributed by atoms with Crippen molar-refractivity contribution in [3.8, 4) is 0 Å². The SMILES string of the molecule is C=CCNC(=O)c1cc2c(C)nn(Cc3ccc(C)cc3)c2s1. The van der Waals surface area contributed by atoms with Crippen molar-refractivity contribution >= 4 is 27.5 Å². The molecule has 0 spiro atoms. The van der Waals surface area contributed by atoms with Crippen LogP contribution >= 0.6 is 11.3 Å². The lowest BCUT2D eigenvalue weighted by Crippen LogP contribution is -2.22. The van der Waals surface area contributed by atoms with E-state index in [4.69, 9.17) is 0 Å². The van der Waals surface area contributed by atoms with Crippen LogP contribution in [0, 0.1) is 13.8 Å². The van der Waals surface area contributed by atoms with Gasteiger partial charge in [0.2, 0.25) is 0 Å². The Morgan fingerprint density at radius 2 is 2.09 bits per heavy atom. The summed E-state index contributed by atoms with van der Waals surface area (Å²) in [5, 5.41) is 8.47. The van der Waals surface area contributed by atoms with E-state index in [0.29, 0.717) is 18.0 Å². The zero-order chi connectivity index (χ0) is 16.4. The second-order valence-electron chi connectivity index (χ2n) is 5.56. The number of amides is 1. The molecule has 23 heavy (non-hydrogen) atoms. The first-order valence-corrected chi connectivity index (χ1v) is 8.31. The Kier molecular flexibility index (Phi) is 4.30. The van der Waals surface area contributed by atoms with E-state index in [0.717, 1.165) is 15.9 Å². The van der Waals surface area contributed by atoms with Crippen LogP contribution in [0.5, 0.6) is 0 Å². The number of aryl methyl sites for hydroxylation is 2. The quantitative estimate of drug-likeness (QED) is 0.727. The molecule has 0 aliphatic heterocycles. The van der Waals surface area contributed by atoms with Gasteiger partial charge in [-0.2, -0.15) is 5.10 Å². The van der Waals surface area contributed by atoms with Crippen molar-refractivity contribution < 1.29 is 4.79 Å². The molecular weight excluding hydrogens is 306 g/mol. The van der Waals surface area contributed by atoms with Crippen LogP contribution in [0.4, 0.5) is 0 Å². The molecule has 1 amide bonds. The number of benzene rings is 1. The number of rotatable bonds is 5. The monoisotopic (exact) mass is 325 g/mol. The van der Waals surface area contributed by atoms with Crippen molar-refractivity contribution in [3.63, 3.8) is 0 Å². The Balaban J connectivity index is 1.91. The van der Waals surface area contributed by atoms with E-state index in [-0.39, 0.29) is 5.91 Å². The van der Waals surface area contributed by atoms with Gasteiger partial charge in [0.15, 0.2) is 0 Å². The highest BCUT2D eigenvalue weighted by molar-refractivity contribution is 7.20. The third-order valence-electron chi connectivity index (χ3n) is 3.69. The van der Waals surface area contributed by atoms with Crippen LogP contribution < -0.4 is 5.32 Å². The van der Waals surface area contributed by atoms with E-state index in [1.165, 1.54) is 22.5 Å². The van der Waals surface area contributed by atoms with Gasteiger partial charge in [-0.15, -0.1) is 17.9 Å². The highest BCUT2D eigenvalue weighted by Crippen LogP contribution is 2.28. The molecule has 0 saturated carbocycles. The van der Waals surface area contributed by atoms with Gasteiger partial charge < -0.3 is 5.32 Å². The lowest BCUT2D eigenvalue weighted by Gasteiger charge is -2.03. The molecule has 2 aromatic heterocycles. The molecule has 118 valence electrons. The average Bonchev–Trinajstić information content (AvgIpc) is 3.09. The maximum atomic E-state index is 12.1. The topological polar surface area (TPSA) is 46.9 Å². The van der Waals surface area contributed by atoms with Gasteiger partial charge in [0, 0.05) is 11.9 Å². The molecule has 0 fully saturated rings. The molecule has 3 aromatic rings. The van der Waals surface area contributed by atoms with Crippen molar-refractivity contribution in [2.24, 2.45) is 0 Å². The molecule has 0 unspecified atom stereocenters. The van der Waals surface area contributed by atoms with E-state index in [2.05, 4.69) is 48.2 Å². The molecule has 4 nitrogen and oxygen atoms in total. The van der Waals surface area contributed by atoms with Crippen molar-refractivity contribution in [2.75, 3.05) is 6.54 Å². The van der Waals surface area contributed by atoms with Crippen LogP contribution in [-0.4, -0.2) is 22.2 Å². The van der Waals surface area contributed by atoms with Crippen LogP contribution in [0.1, 0.15) is 26.5 Å². The summed E-state index contributed by atoms with van der Waals surface area (Å²) in [6.07, 6.45) is 1.68. The number of hydrogen-bond donors (Lipinski definition) is 1. The lowest BCUT2D eigenvalue weighted by molar-refractivity contribution is 0.0962. The average molecular weight is 325 g/mol. The summed E-state index contributed by atoms with van der Waals surface area (Å²) in [5.41, 5.74) is 3.39. The van der Waals surface area contributed by atoms with E-state index in [1.54, 1.807) is 6.08 Å². The van der Waals surface area contributed by atoms with E-state index >= 15 is 0 Å². The molecule has 0 aliphatic rings. The highest BCUT2D eigenvalue weighted by Gasteiger charge is 2.16. The third kappa shape index (κ3) is 3.19. The minimum atomic E-state index is -0.0626. The van der Waals surface area contributed by atoms with Crippen molar-refractivity contribution in [1.82, 2.24) is 15.1 Å². The maximum Gasteiger partial charge on any atom is 0.261 e. The van der Waals surface area contributed by atoms with E-state index in [1.807, 2.05) is 17.7 Å². The Hall–Kier alpha value is -2.40. The first-order chi connectivity index (χ1) is 11.1. The Bertz CT molecular complexity index is 858. The summed E-state index contributed by atoms with van der Waals surface area (Å²) >= 11 is 1.48. The molecular formula is C18H19N3OS. The standard InChI is InChI=1S/C18H19N3OS/c1-4-9-19-17(22)16-10-15-13(3)20-21(18(15)23-16)11-14-7-5-12(2)6-8-14/h4-8,10H,1,9,11H2,2-3H3,(H,19,22).